The van der Waals surface area contributed by atoms with Crippen molar-refractivity contribution in [1.29, 1.82) is 0 Å². The van der Waals surface area contributed by atoms with Gasteiger partial charge in [-0.3, -0.25) is 14.9 Å². The lowest BCUT2D eigenvalue weighted by Crippen LogP contribution is -2.33. The summed E-state index contributed by atoms with van der Waals surface area (Å²) in [6.07, 6.45) is 0. The number of carbonyl (C=O) groups is 1. The van der Waals surface area contributed by atoms with Gasteiger partial charge in [0.15, 0.2) is 5.16 Å². The third-order valence-electron chi connectivity index (χ3n) is 0.985. The van der Waals surface area contributed by atoms with Gasteiger partial charge < -0.3 is 0 Å². The van der Waals surface area contributed by atoms with Gasteiger partial charge in [0.25, 0.3) is 0 Å². The van der Waals surface area contributed by atoms with E-state index in [1.807, 2.05) is 0 Å². The molecule has 0 radical (unpaired) electrons. The molecule has 0 fully saturated rings. The van der Waals surface area contributed by atoms with E-state index in [9.17, 15) is 4.79 Å². The largest absolute Gasteiger partial charge is 0.307 e. The highest BCUT2D eigenvalue weighted by molar-refractivity contribution is 7.80. The standard InChI is InChI=1S/C4H7N5OS/c1-9(5)3(10)2-6-4(11)8-7-2/h5H2,1H3,(H2,6,7,8,11). The number of hydrogen-bond acceptors (Lipinski definition) is 5. The molecule has 0 aliphatic rings. The fourth-order valence-corrected chi connectivity index (χ4v) is 0.651. The molecule has 1 rings (SSSR count). The van der Waals surface area contributed by atoms with E-state index in [0.29, 0.717) is 0 Å². The number of aromatic amines is 1. The van der Waals surface area contributed by atoms with E-state index >= 15 is 0 Å². The van der Waals surface area contributed by atoms with Crippen LogP contribution in [-0.2, 0) is 0 Å². The molecule has 0 atom stereocenters. The topological polar surface area (TPSA) is 87.9 Å². The zero-order valence-corrected chi connectivity index (χ0v) is 6.67. The molecule has 0 spiro atoms. The van der Waals surface area contributed by atoms with E-state index < -0.39 is 5.91 Å². The molecule has 0 aliphatic carbocycles. The molecule has 7 heteroatoms. The van der Waals surface area contributed by atoms with Gasteiger partial charge in [-0.05, 0) is 0 Å². The first-order chi connectivity index (χ1) is 5.11. The van der Waals surface area contributed by atoms with Crippen molar-refractivity contribution in [3.63, 3.8) is 0 Å². The van der Waals surface area contributed by atoms with Crippen LogP contribution in [0.4, 0.5) is 0 Å². The smallest absolute Gasteiger partial charge is 0.277 e. The molecule has 0 aliphatic heterocycles. The summed E-state index contributed by atoms with van der Waals surface area (Å²) < 4.78 is 0. The number of rotatable bonds is 1. The molecule has 1 aromatic rings. The van der Waals surface area contributed by atoms with Gasteiger partial charge in [0.1, 0.15) is 0 Å². The van der Waals surface area contributed by atoms with Crippen molar-refractivity contribution in [2.24, 2.45) is 5.84 Å². The van der Waals surface area contributed by atoms with Crippen LogP contribution in [0, 0.1) is 0 Å². The van der Waals surface area contributed by atoms with Crippen molar-refractivity contribution in [1.82, 2.24) is 20.2 Å². The second-order valence-electron chi connectivity index (χ2n) is 1.90. The summed E-state index contributed by atoms with van der Waals surface area (Å²) in [5.41, 5.74) is 0. The lowest BCUT2D eigenvalue weighted by atomic mass is 10.6. The highest BCUT2D eigenvalue weighted by Crippen LogP contribution is 1.97. The SMILES string of the molecule is CN(N)C(=O)c1n[nH]c(S)n1. The number of amides is 1. The highest BCUT2D eigenvalue weighted by atomic mass is 32.1. The zero-order chi connectivity index (χ0) is 8.43. The molecule has 3 N–H and O–H groups in total. The van der Waals surface area contributed by atoms with Crippen LogP contribution < -0.4 is 5.84 Å². The fraction of sp³-hybridized carbons (Fsp3) is 0.250. The molecule has 1 heterocycles. The Balaban J connectivity index is 2.85. The van der Waals surface area contributed by atoms with Crippen LogP contribution >= 0.6 is 12.6 Å². The lowest BCUT2D eigenvalue weighted by Gasteiger charge is -2.04. The molecule has 6 nitrogen and oxygen atoms in total. The Morgan fingerprint density at radius 1 is 1.82 bits per heavy atom. The number of thiol groups is 1. The third-order valence-corrected chi connectivity index (χ3v) is 1.19. The number of carbonyl (C=O) groups excluding carboxylic acids is 1. The minimum Gasteiger partial charge on any atom is -0.277 e. The number of nitrogens with zero attached hydrogens (tertiary/aromatic N) is 3. The Hall–Kier alpha value is -1.08. The molecule has 11 heavy (non-hydrogen) atoms. The number of hydrazine groups is 1. The van der Waals surface area contributed by atoms with Crippen molar-refractivity contribution < 1.29 is 4.79 Å². The Bertz CT molecular complexity index is 269. The van der Waals surface area contributed by atoms with Crippen LogP contribution in [0.25, 0.3) is 0 Å². The fourth-order valence-electron chi connectivity index (χ4n) is 0.507. The number of H-pyrrole nitrogens is 1. The average molecular weight is 173 g/mol. The van der Waals surface area contributed by atoms with Crippen molar-refractivity contribution >= 4 is 18.5 Å². The molecule has 0 aromatic carbocycles. The third kappa shape index (κ3) is 1.69. The predicted octanol–water partition coefficient (Wildman–Crippen LogP) is -0.961. The summed E-state index contributed by atoms with van der Waals surface area (Å²) in [5, 5.41) is 7.14. The van der Waals surface area contributed by atoms with E-state index in [1.54, 1.807) is 0 Å². The molecule has 1 aromatic heterocycles. The summed E-state index contributed by atoms with van der Waals surface area (Å²) >= 11 is 3.83. The molecule has 0 saturated heterocycles. The molecule has 0 saturated carbocycles. The lowest BCUT2D eigenvalue weighted by molar-refractivity contribution is 0.0783. The van der Waals surface area contributed by atoms with Crippen molar-refractivity contribution in [2.45, 2.75) is 5.16 Å². The summed E-state index contributed by atoms with van der Waals surface area (Å²) in [5.74, 6) is 4.70. The number of nitrogens with one attached hydrogen (secondary N) is 1. The number of nitrogens with two attached hydrogens (primary N) is 1. The van der Waals surface area contributed by atoms with E-state index in [-0.39, 0.29) is 11.0 Å². The van der Waals surface area contributed by atoms with E-state index in [0.717, 1.165) is 5.01 Å². The molecule has 1 amide bonds. The zero-order valence-electron chi connectivity index (χ0n) is 5.77. The second kappa shape index (κ2) is 2.89. The van der Waals surface area contributed by atoms with Gasteiger partial charge in [-0.1, -0.05) is 0 Å². The van der Waals surface area contributed by atoms with Crippen molar-refractivity contribution in [2.75, 3.05) is 7.05 Å². The van der Waals surface area contributed by atoms with E-state index in [4.69, 9.17) is 5.84 Å². The average Bonchev–Trinajstić information content (AvgIpc) is 2.34. The molecular weight excluding hydrogens is 166 g/mol. The van der Waals surface area contributed by atoms with Crippen LogP contribution in [0.2, 0.25) is 0 Å². The van der Waals surface area contributed by atoms with E-state index in [2.05, 4.69) is 27.8 Å². The Kier molecular flexibility index (Phi) is 2.11. The van der Waals surface area contributed by atoms with Crippen LogP contribution in [-0.4, -0.2) is 33.1 Å². The summed E-state index contributed by atoms with van der Waals surface area (Å²) in [6, 6.07) is 0. The van der Waals surface area contributed by atoms with Gasteiger partial charge in [-0.25, -0.2) is 5.84 Å². The quantitative estimate of drug-likeness (QED) is 0.221. The van der Waals surface area contributed by atoms with Crippen LogP contribution in [0.5, 0.6) is 0 Å². The van der Waals surface area contributed by atoms with Gasteiger partial charge in [-0.15, -0.1) is 17.7 Å². The molecule has 0 bridgehead atoms. The Morgan fingerprint density at radius 3 is 2.82 bits per heavy atom. The number of aromatic nitrogens is 3. The van der Waals surface area contributed by atoms with Gasteiger partial charge >= 0.3 is 5.91 Å². The minimum atomic E-state index is -0.457. The molecule has 60 valence electrons. The van der Waals surface area contributed by atoms with Crippen LogP contribution in [0.3, 0.4) is 0 Å². The Morgan fingerprint density at radius 2 is 2.45 bits per heavy atom. The summed E-state index contributed by atoms with van der Waals surface area (Å²) in [7, 11) is 1.41. The maximum atomic E-state index is 11.0. The second-order valence-corrected chi connectivity index (χ2v) is 2.32. The van der Waals surface area contributed by atoms with Gasteiger partial charge in [-0.2, -0.15) is 4.98 Å². The first-order valence-electron chi connectivity index (χ1n) is 2.75. The summed E-state index contributed by atoms with van der Waals surface area (Å²) in [4.78, 5) is 14.6. The summed E-state index contributed by atoms with van der Waals surface area (Å²) in [6.45, 7) is 0. The normalized spacial score (nSPS) is 9.73. The van der Waals surface area contributed by atoms with Gasteiger partial charge in [0.05, 0.1) is 0 Å². The predicted molar refractivity (Wildman–Crippen MR) is 39.9 cm³/mol. The number of hydrogen-bond donors (Lipinski definition) is 3. The monoisotopic (exact) mass is 173 g/mol. The molecular formula is C4H7N5OS. The van der Waals surface area contributed by atoms with Gasteiger partial charge in [0.2, 0.25) is 5.82 Å². The molecule has 0 unspecified atom stereocenters. The van der Waals surface area contributed by atoms with Crippen LogP contribution in [0.15, 0.2) is 5.16 Å². The van der Waals surface area contributed by atoms with Crippen molar-refractivity contribution in [3.05, 3.63) is 5.82 Å². The van der Waals surface area contributed by atoms with E-state index in [1.165, 1.54) is 7.05 Å². The first kappa shape index (κ1) is 8.02. The van der Waals surface area contributed by atoms with Crippen LogP contribution in [0.1, 0.15) is 10.6 Å². The minimum absolute atomic E-state index is 0.0139. The Labute approximate surface area is 68.2 Å². The maximum Gasteiger partial charge on any atom is 0.307 e. The van der Waals surface area contributed by atoms with Crippen molar-refractivity contribution in [3.8, 4) is 0 Å². The highest BCUT2D eigenvalue weighted by Gasteiger charge is 2.12. The first-order valence-corrected chi connectivity index (χ1v) is 3.20. The van der Waals surface area contributed by atoms with Gasteiger partial charge in [0, 0.05) is 7.05 Å². The maximum absolute atomic E-state index is 11.0.